The van der Waals surface area contributed by atoms with Gasteiger partial charge in [0.05, 0.1) is 0 Å². The Labute approximate surface area is 114 Å². The molecule has 1 saturated carbocycles. The molecule has 1 aliphatic carbocycles. The highest BCUT2D eigenvalue weighted by Crippen LogP contribution is 2.46. The summed E-state index contributed by atoms with van der Waals surface area (Å²) in [6.45, 7) is 4.18. The molecule has 1 aliphatic rings. The molecule has 1 nitrogen and oxygen atoms in total. The predicted molar refractivity (Wildman–Crippen MR) is 77.4 cm³/mol. The largest absolute Gasteiger partial charge is 0.300 e. The number of Topliss-reactive ketones (excluding diaryl/α,β-unsaturated/α-hetero) is 1. The zero-order chi connectivity index (χ0) is 13.5. The van der Waals surface area contributed by atoms with Crippen LogP contribution in [0.4, 0.5) is 0 Å². The SMILES string of the molecule is Cc1ccc(C2(c3ccc(C)cc3)CC(=O)C2)cc1. The van der Waals surface area contributed by atoms with Crippen LogP contribution in [0.5, 0.6) is 0 Å². The number of aryl methyl sites for hydroxylation is 2. The standard InChI is InChI=1S/C18H18O/c1-13-3-7-15(8-4-13)18(11-17(19)12-18)16-9-5-14(2)6-10-16/h3-10H,11-12H2,1-2H3. The summed E-state index contributed by atoms with van der Waals surface area (Å²) in [5.41, 5.74) is 4.96. The summed E-state index contributed by atoms with van der Waals surface area (Å²) in [4.78, 5) is 11.6. The lowest BCUT2D eigenvalue weighted by Gasteiger charge is -2.41. The van der Waals surface area contributed by atoms with Gasteiger partial charge < -0.3 is 0 Å². The molecule has 0 atom stereocenters. The molecule has 0 amide bonds. The molecule has 1 fully saturated rings. The first-order valence-electron chi connectivity index (χ1n) is 6.76. The minimum Gasteiger partial charge on any atom is -0.300 e. The molecule has 0 bridgehead atoms. The van der Waals surface area contributed by atoms with E-state index in [0.717, 1.165) is 0 Å². The van der Waals surface area contributed by atoms with E-state index in [1.165, 1.54) is 22.3 Å². The fourth-order valence-corrected chi connectivity index (χ4v) is 2.94. The molecule has 0 radical (unpaired) electrons. The van der Waals surface area contributed by atoms with E-state index >= 15 is 0 Å². The highest BCUT2D eigenvalue weighted by molar-refractivity contribution is 5.90. The van der Waals surface area contributed by atoms with Crippen molar-refractivity contribution in [2.75, 3.05) is 0 Å². The van der Waals surface area contributed by atoms with Gasteiger partial charge in [0, 0.05) is 18.3 Å². The van der Waals surface area contributed by atoms with Gasteiger partial charge in [0.25, 0.3) is 0 Å². The van der Waals surface area contributed by atoms with Crippen molar-refractivity contribution in [1.82, 2.24) is 0 Å². The molecule has 3 rings (SSSR count). The van der Waals surface area contributed by atoms with Gasteiger partial charge in [-0.2, -0.15) is 0 Å². The zero-order valence-corrected chi connectivity index (χ0v) is 11.4. The van der Waals surface area contributed by atoms with Crippen LogP contribution >= 0.6 is 0 Å². The van der Waals surface area contributed by atoms with Crippen LogP contribution in [-0.4, -0.2) is 5.78 Å². The van der Waals surface area contributed by atoms with E-state index in [9.17, 15) is 4.79 Å². The third-order valence-electron chi connectivity index (χ3n) is 4.21. The molecule has 0 unspecified atom stereocenters. The molecule has 0 aromatic heterocycles. The topological polar surface area (TPSA) is 17.1 Å². The Kier molecular flexibility index (Phi) is 2.78. The Bertz CT molecular complexity index is 550. The Morgan fingerprint density at radius 1 is 0.737 bits per heavy atom. The molecule has 0 N–H and O–H groups in total. The number of benzene rings is 2. The molecule has 1 heteroatoms. The number of rotatable bonds is 2. The van der Waals surface area contributed by atoms with Crippen molar-refractivity contribution >= 4 is 5.78 Å². The molecule has 96 valence electrons. The lowest BCUT2D eigenvalue weighted by molar-refractivity contribution is -0.127. The Balaban J connectivity index is 2.07. The molecule has 19 heavy (non-hydrogen) atoms. The maximum Gasteiger partial charge on any atom is 0.135 e. The van der Waals surface area contributed by atoms with Crippen LogP contribution < -0.4 is 0 Å². The quantitative estimate of drug-likeness (QED) is 0.788. The van der Waals surface area contributed by atoms with E-state index in [2.05, 4.69) is 62.4 Å². The second kappa shape index (κ2) is 4.34. The lowest BCUT2D eigenvalue weighted by atomic mass is 9.60. The van der Waals surface area contributed by atoms with Crippen LogP contribution in [0.25, 0.3) is 0 Å². The Hall–Kier alpha value is -1.89. The van der Waals surface area contributed by atoms with Crippen molar-refractivity contribution in [2.24, 2.45) is 0 Å². The average Bonchev–Trinajstić information content (AvgIpc) is 2.37. The van der Waals surface area contributed by atoms with Crippen molar-refractivity contribution in [1.29, 1.82) is 0 Å². The number of hydrogen-bond donors (Lipinski definition) is 0. The van der Waals surface area contributed by atoms with Crippen molar-refractivity contribution in [3.05, 3.63) is 70.8 Å². The van der Waals surface area contributed by atoms with Gasteiger partial charge in [-0.25, -0.2) is 0 Å². The van der Waals surface area contributed by atoms with Crippen molar-refractivity contribution < 1.29 is 4.79 Å². The van der Waals surface area contributed by atoms with E-state index in [-0.39, 0.29) is 5.41 Å². The summed E-state index contributed by atoms with van der Waals surface area (Å²) in [6, 6.07) is 17.2. The van der Waals surface area contributed by atoms with Gasteiger partial charge in [-0.05, 0) is 25.0 Å². The summed E-state index contributed by atoms with van der Waals surface area (Å²) in [6.07, 6.45) is 1.28. The monoisotopic (exact) mass is 250 g/mol. The van der Waals surface area contributed by atoms with Gasteiger partial charge in [-0.3, -0.25) is 4.79 Å². The van der Waals surface area contributed by atoms with Gasteiger partial charge in [0.15, 0.2) is 0 Å². The van der Waals surface area contributed by atoms with Crippen molar-refractivity contribution in [3.63, 3.8) is 0 Å². The van der Waals surface area contributed by atoms with Gasteiger partial charge >= 0.3 is 0 Å². The average molecular weight is 250 g/mol. The summed E-state index contributed by atoms with van der Waals surface area (Å²) >= 11 is 0. The third-order valence-corrected chi connectivity index (χ3v) is 4.21. The normalized spacial score (nSPS) is 17.1. The van der Waals surface area contributed by atoms with Crippen LogP contribution in [0, 0.1) is 13.8 Å². The predicted octanol–water partition coefficient (Wildman–Crippen LogP) is 3.95. The second-order valence-electron chi connectivity index (χ2n) is 5.71. The molecule has 0 spiro atoms. The smallest absolute Gasteiger partial charge is 0.135 e. The van der Waals surface area contributed by atoms with Gasteiger partial charge in [-0.1, -0.05) is 59.7 Å². The minimum absolute atomic E-state index is 0.0848. The van der Waals surface area contributed by atoms with Crippen LogP contribution in [0.3, 0.4) is 0 Å². The molecule has 0 saturated heterocycles. The summed E-state index contributed by atoms with van der Waals surface area (Å²) in [7, 11) is 0. The number of hydrogen-bond acceptors (Lipinski definition) is 1. The van der Waals surface area contributed by atoms with Gasteiger partial charge in [0.1, 0.15) is 5.78 Å². The molecular formula is C18H18O. The third kappa shape index (κ3) is 1.99. The lowest BCUT2D eigenvalue weighted by Crippen LogP contribution is -2.42. The summed E-state index contributed by atoms with van der Waals surface area (Å²) in [5.74, 6) is 0.362. The highest BCUT2D eigenvalue weighted by Gasteiger charge is 2.46. The maximum atomic E-state index is 11.6. The highest BCUT2D eigenvalue weighted by atomic mass is 16.1. The van der Waals surface area contributed by atoms with E-state index in [1.54, 1.807) is 0 Å². The Morgan fingerprint density at radius 2 is 1.11 bits per heavy atom. The molecule has 2 aromatic rings. The first-order valence-corrected chi connectivity index (χ1v) is 6.76. The van der Waals surface area contributed by atoms with Crippen LogP contribution in [0.15, 0.2) is 48.5 Å². The Morgan fingerprint density at radius 3 is 1.42 bits per heavy atom. The molecule has 0 aliphatic heterocycles. The number of carbonyl (C=O) groups excluding carboxylic acids is 1. The summed E-state index contributed by atoms with van der Waals surface area (Å²) < 4.78 is 0. The zero-order valence-electron chi connectivity index (χ0n) is 11.4. The molecule has 2 aromatic carbocycles. The van der Waals surface area contributed by atoms with Crippen LogP contribution in [-0.2, 0) is 10.2 Å². The minimum atomic E-state index is -0.0848. The maximum absolute atomic E-state index is 11.6. The van der Waals surface area contributed by atoms with E-state index < -0.39 is 0 Å². The summed E-state index contributed by atoms with van der Waals surface area (Å²) in [5, 5.41) is 0. The van der Waals surface area contributed by atoms with E-state index in [4.69, 9.17) is 0 Å². The van der Waals surface area contributed by atoms with Crippen LogP contribution in [0.1, 0.15) is 35.1 Å². The molecule has 0 heterocycles. The van der Waals surface area contributed by atoms with Crippen molar-refractivity contribution in [2.45, 2.75) is 32.1 Å². The molecular weight excluding hydrogens is 232 g/mol. The first kappa shape index (κ1) is 12.2. The van der Waals surface area contributed by atoms with Gasteiger partial charge in [0.2, 0.25) is 0 Å². The second-order valence-corrected chi connectivity index (χ2v) is 5.71. The van der Waals surface area contributed by atoms with Crippen molar-refractivity contribution in [3.8, 4) is 0 Å². The first-order chi connectivity index (χ1) is 9.10. The fourth-order valence-electron chi connectivity index (χ4n) is 2.94. The van der Waals surface area contributed by atoms with Crippen LogP contribution in [0.2, 0.25) is 0 Å². The number of carbonyl (C=O) groups is 1. The van der Waals surface area contributed by atoms with E-state index in [1.807, 2.05) is 0 Å². The van der Waals surface area contributed by atoms with Gasteiger partial charge in [-0.15, -0.1) is 0 Å². The van der Waals surface area contributed by atoms with E-state index in [0.29, 0.717) is 18.6 Å². The number of ketones is 1. The fraction of sp³-hybridized carbons (Fsp3) is 0.278.